The number of carbonyl (C=O) groups is 1. The monoisotopic (exact) mass is 320 g/mol. The van der Waals surface area contributed by atoms with Crippen molar-refractivity contribution in [2.75, 3.05) is 12.3 Å². The van der Waals surface area contributed by atoms with E-state index in [1.165, 1.54) is 24.4 Å². The topological polar surface area (TPSA) is 47.2 Å². The van der Waals surface area contributed by atoms with E-state index in [4.69, 9.17) is 0 Å². The maximum absolute atomic E-state index is 12.6. The molecule has 3 rings (SSSR count). The molecular weight excluding hydrogens is 296 g/mol. The third-order valence-electron chi connectivity index (χ3n) is 4.87. The van der Waals surface area contributed by atoms with E-state index in [0.717, 1.165) is 24.1 Å². The molecule has 1 aromatic rings. The van der Waals surface area contributed by atoms with Gasteiger partial charge in [0.2, 0.25) is 5.91 Å². The summed E-state index contributed by atoms with van der Waals surface area (Å²) in [5, 5.41) is 12.2. The largest absolute Gasteiger partial charge is 0.618 e. The van der Waals surface area contributed by atoms with Crippen LogP contribution in [0.25, 0.3) is 0 Å². The average molecular weight is 320 g/mol. The second kappa shape index (κ2) is 5.44. The number of likely N-dealkylation sites (tertiary alicyclic amines) is 1. The maximum atomic E-state index is 12.6. The van der Waals surface area contributed by atoms with Crippen molar-refractivity contribution in [1.29, 1.82) is 0 Å². The molecule has 1 aliphatic heterocycles. The number of carbonyl (C=O) groups excluding carboxylic acids is 1. The van der Waals surface area contributed by atoms with Gasteiger partial charge in [-0.1, -0.05) is 20.8 Å². The van der Waals surface area contributed by atoms with Gasteiger partial charge >= 0.3 is 0 Å². The lowest BCUT2D eigenvalue weighted by Gasteiger charge is -2.39. The number of thioether (sulfide) groups is 1. The van der Waals surface area contributed by atoms with E-state index in [-0.39, 0.29) is 11.3 Å². The fraction of sp³-hybridized carbons (Fsp3) is 0.647. The molecule has 1 aromatic heterocycles. The van der Waals surface area contributed by atoms with Crippen LogP contribution in [0.3, 0.4) is 0 Å². The molecule has 2 aliphatic rings. The van der Waals surface area contributed by atoms with Gasteiger partial charge in [-0.05, 0) is 47.9 Å². The third kappa shape index (κ3) is 3.09. The molecule has 0 N–H and O–H groups in total. The Balaban J connectivity index is 1.65. The summed E-state index contributed by atoms with van der Waals surface area (Å²) >= 11 is 1.33. The molecule has 0 spiro atoms. The Morgan fingerprint density at radius 3 is 2.91 bits per heavy atom. The molecule has 1 amide bonds. The standard InChI is InChI=1S/C17H24N2O2S/c1-16(2)8-13-9-17(3,11-16)12-18(13)14(20)10-22-15-6-4-5-7-19(15)21/h4-7,13H,8-12H2,1-3H3/t13-,17+/m0/s1. The van der Waals surface area contributed by atoms with Crippen LogP contribution in [0.5, 0.6) is 0 Å². The quantitative estimate of drug-likeness (QED) is 0.489. The number of fused-ring (bicyclic) bond motifs is 2. The van der Waals surface area contributed by atoms with Crippen molar-refractivity contribution >= 4 is 17.7 Å². The number of rotatable bonds is 3. The van der Waals surface area contributed by atoms with E-state index in [2.05, 4.69) is 25.7 Å². The van der Waals surface area contributed by atoms with Crippen LogP contribution in [0.1, 0.15) is 40.0 Å². The minimum atomic E-state index is 0.167. The molecule has 4 nitrogen and oxygen atoms in total. The summed E-state index contributed by atoms with van der Waals surface area (Å²) in [5.41, 5.74) is 0.579. The predicted molar refractivity (Wildman–Crippen MR) is 87.4 cm³/mol. The zero-order chi connectivity index (χ0) is 16.0. The lowest BCUT2D eigenvalue weighted by Crippen LogP contribution is -2.39. The smallest absolute Gasteiger partial charge is 0.251 e. The number of hydrogen-bond acceptors (Lipinski definition) is 3. The van der Waals surface area contributed by atoms with Crippen LogP contribution in [0.4, 0.5) is 0 Å². The second-order valence-corrected chi connectivity index (χ2v) is 8.88. The Kier molecular flexibility index (Phi) is 3.87. The highest BCUT2D eigenvalue weighted by molar-refractivity contribution is 7.99. The SMILES string of the molecule is CC1(C)C[C@H]2C[C@@](C)(CN2C(=O)CSc2cccc[n+]2[O-])C1. The highest BCUT2D eigenvalue weighted by Crippen LogP contribution is 2.52. The minimum Gasteiger partial charge on any atom is -0.618 e. The Labute approximate surface area is 136 Å². The Bertz CT molecular complexity index is 590. The molecule has 1 saturated heterocycles. The lowest BCUT2D eigenvalue weighted by molar-refractivity contribution is -0.645. The molecule has 2 atom stereocenters. The number of nitrogens with zero attached hydrogens (tertiary/aromatic N) is 2. The zero-order valence-corrected chi connectivity index (χ0v) is 14.4. The lowest BCUT2D eigenvalue weighted by atomic mass is 9.65. The van der Waals surface area contributed by atoms with Gasteiger partial charge in [-0.3, -0.25) is 4.79 Å². The fourth-order valence-corrected chi connectivity index (χ4v) is 5.29. The molecule has 0 aromatic carbocycles. The average Bonchev–Trinajstić information content (AvgIpc) is 2.67. The molecular formula is C17H24N2O2S. The van der Waals surface area contributed by atoms with Crippen molar-refractivity contribution in [2.45, 2.75) is 51.1 Å². The molecule has 2 bridgehead atoms. The molecule has 2 fully saturated rings. The molecule has 0 unspecified atom stereocenters. The van der Waals surface area contributed by atoms with Gasteiger partial charge in [0.15, 0.2) is 6.20 Å². The molecule has 2 heterocycles. The van der Waals surface area contributed by atoms with Crippen molar-refractivity contribution in [3.05, 3.63) is 29.6 Å². The number of amides is 1. The Morgan fingerprint density at radius 2 is 2.18 bits per heavy atom. The minimum absolute atomic E-state index is 0.167. The Hall–Kier alpha value is -1.23. The number of pyridine rings is 1. The summed E-state index contributed by atoms with van der Waals surface area (Å²) < 4.78 is 0.824. The summed E-state index contributed by atoms with van der Waals surface area (Å²) in [6.07, 6.45) is 4.87. The number of hydrogen-bond donors (Lipinski definition) is 0. The van der Waals surface area contributed by atoms with Crippen molar-refractivity contribution in [1.82, 2.24) is 4.90 Å². The van der Waals surface area contributed by atoms with Gasteiger partial charge in [-0.25, -0.2) is 0 Å². The predicted octanol–water partition coefficient (Wildman–Crippen LogP) is 2.84. The summed E-state index contributed by atoms with van der Waals surface area (Å²) in [5.74, 6) is 0.513. The van der Waals surface area contributed by atoms with Crippen molar-refractivity contribution in [2.24, 2.45) is 10.8 Å². The number of aromatic nitrogens is 1. The first kappa shape index (κ1) is 15.7. The highest BCUT2D eigenvalue weighted by atomic mass is 32.2. The van der Waals surface area contributed by atoms with E-state index in [0.29, 0.717) is 22.2 Å². The molecule has 0 radical (unpaired) electrons. The van der Waals surface area contributed by atoms with Crippen LogP contribution in [0.15, 0.2) is 29.4 Å². The normalized spacial score (nSPS) is 29.6. The van der Waals surface area contributed by atoms with Crippen LogP contribution >= 0.6 is 11.8 Å². The van der Waals surface area contributed by atoms with E-state index in [1.807, 2.05) is 6.07 Å². The summed E-state index contributed by atoms with van der Waals surface area (Å²) in [6, 6.07) is 5.66. The fourth-order valence-electron chi connectivity index (χ4n) is 4.49. The second-order valence-electron chi connectivity index (χ2n) is 7.89. The molecule has 22 heavy (non-hydrogen) atoms. The van der Waals surface area contributed by atoms with Gasteiger partial charge in [0.1, 0.15) is 0 Å². The molecule has 1 saturated carbocycles. The molecule has 120 valence electrons. The van der Waals surface area contributed by atoms with Gasteiger partial charge in [0.25, 0.3) is 5.03 Å². The molecule has 1 aliphatic carbocycles. The van der Waals surface area contributed by atoms with Crippen LogP contribution in [-0.4, -0.2) is 29.1 Å². The van der Waals surface area contributed by atoms with E-state index < -0.39 is 0 Å². The Morgan fingerprint density at radius 1 is 1.41 bits per heavy atom. The van der Waals surface area contributed by atoms with Gasteiger partial charge in [0.05, 0.1) is 5.75 Å². The molecule has 5 heteroatoms. The van der Waals surface area contributed by atoms with Gasteiger partial charge < -0.3 is 10.1 Å². The first-order chi connectivity index (χ1) is 10.3. The highest BCUT2D eigenvalue weighted by Gasteiger charge is 2.50. The van der Waals surface area contributed by atoms with Crippen LogP contribution in [0, 0.1) is 16.0 Å². The van der Waals surface area contributed by atoms with Crippen molar-refractivity contribution in [3.8, 4) is 0 Å². The first-order valence-electron chi connectivity index (χ1n) is 7.89. The van der Waals surface area contributed by atoms with Gasteiger partial charge in [-0.15, -0.1) is 0 Å². The zero-order valence-electron chi connectivity index (χ0n) is 13.5. The van der Waals surface area contributed by atoms with Crippen LogP contribution in [-0.2, 0) is 4.79 Å². The summed E-state index contributed by atoms with van der Waals surface area (Å²) in [4.78, 5) is 14.7. The maximum Gasteiger partial charge on any atom is 0.251 e. The summed E-state index contributed by atoms with van der Waals surface area (Å²) in [7, 11) is 0. The van der Waals surface area contributed by atoms with Gasteiger partial charge in [0, 0.05) is 24.7 Å². The van der Waals surface area contributed by atoms with Crippen LogP contribution < -0.4 is 4.73 Å². The van der Waals surface area contributed by atoms with Gasteiger partial charge in [-0.2, -0.15) is 4.73 Å². The van der Waals surface area contributed by atoms with E-state index in [1.54, 1.807) is 12.1 Å². The van der Waals surface area contributed by atoms with Crippen molar-refractivity contribution < 1.29 is 9.52 Å². The first-order valence-corrected chi connectivity index (χ1v) is 8.87. The van der Waals surface area contributed by atoms with Crippen LogP contribution in [0.2, 0.25) is 0 Å². The van der Waals surface area contributed by atoms with E-state index in [9.17, 15) is 10.0 Å². The van der Waals surface area contributed by atoms with Crippen molar-refractivity contribution in [3.63, 3.8) is 0 Å². The summed E-state index contributed by atoms with van der Waals surface area (Å²) in [6.45, 7) is 7.80. The third-order valence-corrected chi connectivity index (χ3v) is 5.87. The van der Waals surface area contributed by atoms with E-state index >= 15 is 0 Å².